The Morgan fingerprint density at radius 1 is 1.11 bits per heavy atom. The van der Waals surface area contributed by atoms with E-state index in [0.29, 0.717) is 25.1 Å². The van der Waals surface area contributed by atoms with E-state index in [9.17, 15) is 4.79 Å². The van der Waals surface area contributed by atoms with Gasteiger partial charge in [0.25, 0.3) is 0 Å². The van der Waals surface area contributed by atoms with Gasteiger partial charge in [-0.3, -0.25) is 0 Å². The molecule has 2 fully saturated rings. The first-order valence-corrected chi connectivity index (χ1v) is 9.07. The zero-order valence-corrected chi connectivity index (χ0v) is 12.4. The number of ether oxygens (including phenoxy) is 3. The van der Waals surface area contributed by atoms with Gasteiger partial charge in [0.2, 0.25) is 5.75 Å². The highest BCUT2D eigenvalue weighted by molar-refractivity contribution is 7.97. The molecule has 4 nitrogen and oxygen atoms in total. The average molecular weight is 289 g/mol. The van der Waals surface area contributed by atoms with Gasteiger partial charge in [0.1, 0.15) is 18.1 Å². The second kappa shape index (κ2) is 8.82. The Morgan fingerprint density at radius 2 is 1.84 bits per heavy atom. The maximum atomic E-state index is 11.7. The fourth-order valence-corrected chi connectivity index (χ4v) is 4.13. The van der Waals surface area contributed by atoms with E-state index in [2.05, 4.69) is 0 Å². The van der Waals surface area contributed by atoms with Gasteiger partial charge in [-0.15, -0.1) is 0 Å². The fraction of sp³-hybridized carbons (Fsp3) is 0.929. The van der Waals surface area contributed by atoms with Gasteiger partial charge in [-0.05, 0) is 12.8 Å². The summed E-state index contributed by atoms with van der Waals surface area (Å²) >= 11 is 0. The summed E-state index contributed by atoms with van der Waals surface area (Å²) in [7, 11) is 0.175. The van der Waals surface area contributed by atoms with Gasteiger partial charge in [0.15, 0.2) is 0 Å². The summed E-state index contributed by atoms with van der Waals surface area (Å²) < 4.78 is 16.2. The smallest absolute Gasteiger partial charge is 0.356 e. The molecule has 0 aromatic rings. The molecule has 2 rings (SSSR count). The SMILES string of the molecule is O=C(C[S+]1CCOCC1)OCCOC1CCCCC1. The number of carbonyl (C=O) groups excluding carboxylic acids is 1. The van der Waals surface area contributed by atoms with Crippen molar-refractivity contribution in [2.24, 2.45) is 0 Å². The third kappa shape index (κ3) is 6.15. The summed E-state index contributed by atoms with van der Waals surface area (Å²) in [6.45, 7) is 2.54. The summed E-state index contributed by atoms with van der Waals surface area (Å²) in [5, 5.41) is 0. The summed E-state index contributed by atoms with van der Waals surface area (Å²) in [5.41, 5.74) is 0. The highest BCUT2D eigenvalue weighted by Gasteiger charge is 2.26. The Kier molecular flexibility index (Phi) is 7.03. The van der Waals surface area contributed by atoms with Crippen LogP contribution in [0.5, 0.6) is 0 Å². The zero-order chi connectivity index (χ0) is 13.3. The van der Waals surface area contributed by atoms with E-state index in [1.807, 2.05) is 0 Å². The van der Waals surface area contributed by atoms with Crippen LogP contribution in [0.2, 0.25) is 0 Å². The first kappa shape index (κ1) is 15.1. The molecule has 0 spiro atoms. The van der Waals surface area contributed by atoms with E-state index < -0.39 is 0 Å². The van der Waals surface area contributed by atoms with Crippen LogP contribution in [0, 0.1) is 0 Å². The van der Waals surface area contributed by atoms with Crippen molar-refractivity contribution in [2.75, 3.05) is 43.7 Å². The Morgan fingerprint density at radius 3 is 2.58 bits per heavy atom. The largest absolute Gasteiger partial charge is 0.460 e. The number of hydrogen-bond donors (Lipinski definition) is 0. The summed E-state index contributed by atoms with van der Waals surface area (Å²) in [5.74, 6) is 2.51. The third-order valence-electron chi connectivity index (χ3n) is 3.61. The molecule has 1 saturated carbocycles. The molecule has 1 aliphatic carbocycles. The molecule has 0 atom stereocenters. The number of esters is 1. The topological polar surface area (TPSA) is 44.8 Å². The molecule has 0 aromatic carbocycles. The first-order chi connectivity index (χ1) is 9.34. The third-order valence-corrected chi connectivity index (χ3v) is 5.74. The minimum atomic E-state index is -0.0718. The van der Waals surface area contributed by atoms with Gasteiger partial charge in [0, 0.05) is 10.9 Å². The van der Waals surface area contributed by atoms with Crippen LogP contribution < -0.4 is 0 Å². The van der Waals surface area contributed by atoms with E-state index in [1.54, 1.807) is 0 Å². The standard InChI is InChI=1S/C14H25O4S/c15-14(12-19-10-8-16-9-11-19)18-7-6-17-13-4-2-1-3-5-13/h13H,1-12H2/q+1. The van der Waals surface area contributed by atoms with Crippen molar-refractivity contribution in [3.8, 4) is 0 Å². The minimum Gasteiger partial charge on any atom is -0.460 e. The maximum absolute atomic E-state index is 11.7. The quantitative estimate of drug-likeness (QED) is 0.422. The van der Waals surface area contributed by atoms with Gasteiger partial charge in [-0.1, -0.05) is 19.3 Å². The summed E-state index contributed by atoms with van der Waals surface area (Å²) in [6, 6.07) is 0. The number of hydrogen-bond acceptors (Lipinski definition) is 4. The van der Waals surface area contributed by atoms with Crippen molar-refractivity contribution < 1.29 is 19.0 Å². The predicted molar refractivity (Wildman–Crippen MR) is 76.6 cm³/mol. The monoisotopic (exact) mass is 289 g/mol. The maximum Gasteiger partial charge on any atom is 0.356 e. The van der Waals surface area contributed by atoms with Gasteiger partial charge in [-0.25, -0.2) is 4.79 Å². The molecule has 110 valence electrons. The molecule has 0 unspecified atom stereocenters. The first-order valence-electron chi connectivity index (χ1n) is 7.33. The molecular weight excluding hydrogens is 264 g/mol. The van der Waals surface area contributed by atoms with Gasteiger partial charge >= 0.3 is 5.97 Å². The van der Waals surface area contributed by atoms with Crippen molar-refractivity contribution >= 4 is 16.9 Å². The molecule has 2 aliphatic rings. The van der Waals surface area contributed by atoms with Crippen LogP contribution in [-0.2, 0) is 29.9 Å². The predicted octanol–water partition coefficient (Wildman–Crippen LogP) is 1.53. The Labute approximate surface area is 118 Å². The zero-order valence-electron chi connectivity index (χ0n) is 11.6. The molecular formula is C14H25O4S+. The van der Waals surface area contributed by atoms with Crippen LogP contribution in [0.15, 0.2) is 0 Å². The van der Waals surface area contributed by atoms with E-state index >= 15 is 0 Å². The Hall–Kier alpha value is -0.260. The molecule has 1 saturated heterocycles. The second-order valence-corrected chi connectivity index (χ2v) is 7.46. The number of rotatable bonds is 6. The van der Waals surface area contributed by atoms with Crippen LogP contribution in [0.3, 0.4) is 0 Å². The highest BCUT2D eigenvalue weighted by atomic mass is 32.2. The molecule has 1 heterocycles. The number of carbonyl (C=O) groups is 1. The van der Waals surface area contributed by atoms with E-state index in [1.165, 1.54) is 19.3 Å². The lowest BCUT2D eigenvalue weighted by Crippen LogP contribution is -2.32. The van der Waals surface area contributed by atoms with E-state index in [4.69, 9.17) is 14.2 Å². The molecule has 0 amide bonds. The van der Waals surface area contributed by atoms with E-state index in [0.717, 1.165) is 37.6 Å². The normalized spacial score (nSPS) is 22.3. The van der Waals surface area contributed by atoms with Crippen LogP contribution in [0.4, 0.5) is 0 Å². The van der Waals surface area contributed by atoms with Crippen molar-refractivity contribution in [1.82, 2.24) is 0 Å². The molecule has 1 aliphatic heterocycles. The lowest BCUT2D eigenvalue weighted by atomic mass is 9.98. The lowest BCUT2D eigenvalue weighted by Gasteiger charge is -2.21. The summed E-state index contributed by atoms with van der Waals surface area (Å²) in [4.78, 5) is 11.7. The van der Waals surface area contributed by atoms with Crippen molar-refractivity contribution in [1.29, 1.82) is 0 Å². The van der Waals surface area contributed by atoms with Crippen LogP contribution in [-0.4, -0.2) is 55.8 Å². The molecule has 0 aromatic heterocycles. The molecule has 5 heteroatoms. The highest BCUT2D eigenvalue weighted by Crippen LogP contribution is 2.19. The minimum absolute atomic E-state index is 0.0718. The van der Waals surface area contributed by atoms with Crippen molar-refractivity contribution in [3.63, 3.8) is 0 Å². The molecule has 0 N–H and O–H groups in total. The fourth-order valence-electron chi connectivity index (χ4n) is 2.51. The van der Waals surface area contributed by atoms with Crippen LogP contribution >= 0.6 is 0 Å². The Bertz CT molecular complexity index is 260. The van der Waals surface area contributed by atoms with E-state index in [-0.39, 0.29) is 16.9 Å². The van der Waals surface area contributed by atoms with Gasteiger partial charge in [0.05, 0.1) is 25.9 Å². The van der Waals surface area contributed by atoms with Gasteiger partial charge in [-0.2, -0.15) is 0 Å². The van der Waals surface area contributed by atoms with Crippen molar-refractivity contribution in [2.45, 2.75) is 38.2 Å². The van der Waals surface area contributed by atoms with Crippen LogP contribution in [0.25, 0.3) is 0 Å². The molecule has 0 bridgehead atoms. The Balaban J connectivity index is 1.48. The van der Waals surface area contributed by atoms with Crippen molar-refractivity contribution in [3.05, 3.63) is 0 Å². The second-order valence-electron chi connectivity index (χ2n) is 5.13. The lowest BCUT2D eigenvalue weighted by molar-refractivity contribution is -0.142. The molecule has 0 radical (unpaired) electrons. The summed E-state index contributed by atoms with van der Waals surface area (Å²) in [6.07, 6.45) is 6.60. The van der Waals surface area contributed by atoms with Gasteiger partial charge < -0.3 is 14.2 Å². The average Bonchev–Trinajstić information content (AvgIpc) is 2.46. The molecule has 19 heavy (non-hydrogen) atoms. The van der Waals surface area contributed by atoms with Crippen LogP contribution in [0.1, 0.15) is 32.1 Å².